The van der Waals surface area contributed by atoms with Gasteiger partial charge in [0, 0.05) is 0 Å². The zero-order chi connectivity index (χ0) is 15.0. The van der Waals surface area contributed by atoms with Crippen LogP contribution in [0.25, 0.3) is 0 Å². The van der Waals surface area contributed by atoms with Gasteiger partial charge < -0.3 is 9.15 Å². The van der Waals surface area contributed by atoms with Crippen molar-refractivity contribution in [2.45, 2.75) is 12.2 Å². The summed E-state index contributed by atoms with van der Waals surface area (Å²) in [7, 11) is -3.07. The molecule has 0 saturated carbocycles. The van der Waals surface area contributed by atoms with Crippen LogP contribution in [0.15, 0.2) is 32.2 Å². The van der Waals surface area contributed by atoms with Crippen LogP contribution in [0.2, 0.25) is 0 Å². The van der Waals surface area contributed by atoms with Crippen molar-refractivity contribution in [2.75, 3.05) is 7.11 Å². The molecular weight excluding hydrogens is 303 g/mol. The van der Waals surface area contributed by atoms with Gasteiger partial charge in [-0.15, -0.1) is 4.40 Å². The van der Waals surface area contributed by atoms with E-state index < -0.39 is 39.9 Å². The van der Waals surface area contributed by atoms with Crippen molar-refractivity contribution in [1.29, 1.82) is 0 Å². The van der Waals surface area contributed by atoms with Crippen molar-refractivity contribution >= 4 is 21.9 Å². The molecule has 0 bridgehead atoms. The smallest absolute Gasteiger partial charge is 0.418 e. The maximum atomic E-state index is 12.9. The Hall–Kier alpha value is -2.04. The lowest BCUT2D eigenvalue weighted by Gasteiger charge is -2.14. The first-order valence-corrected chi connectivity index (χ1v) is 6.52. The van der Waals surface area contributed by atoms with Crippen molar-refractivity contribution in [3.05, 3.63) is 24.2 Å². The van der Waals surface area contributed by atoms with E-state index in [4.69, 9.17) is 0 Å². The quantitative estimate of drug-likeness (QED) is 0.887. The summed E-state index contributed by atoms with van der Waals surface area (Å²) in [6.45, 7) is 0. The molecule has 0 fully saturated rings. The zero-order valence-electron chi connectivity index (χ0n) is 9.88. The number of methoxy groups -OCH3 is 1. The summed E-state index contributed by atoms with van der Waals surface area (Å²) >= 11 is 0. The molecule has 1 aromatic heterocycles. The Morgan fingerprint density at radius 1 is 1.50 bits per heavy atom. The Labute approximate surface area is 111 Å². The molecule has 0 amide bonds. The monoisotopic (exact) mass is 311 g/mol. The van der Waals surface area contributed by atoms with Gasteiger partial charge in [-0.3, -0.25) is 0 Å². The van der Waals surface area contributed by atoms with Gasteiger partial charge in [0.05, 0.1) is 13.4 Å². The fraction of sp³-hybridized carbons (Fsp3) is 0.333. The van der Waals surface area contributed by atoms with Crippen molar-refractivity contribution in [3.8, 4) is 0 Å². The fourth-order valence-electron chi connectivity index (χ4n) is 1.43. The number of alkyl halides is 3. The number of aliphatic imine (C=N–C) groups is 1. The number of nitrogens with one attached hydrogen (secondary N) is 1. The number of hydrogen-bond acceptors (Lipinski definition) is 5. The number of halogens is 3. The van der Waals surface area contributed by atoms with Gasteiger partial charge in [-0.25, -0.2) is 9.71 Å². The number of furan rings is 1. The zero-order valence-corrected chi connectivity index (χ0v) is 10.7. The van der Waals surface area contributed by atoms with Crippen LogP contribution in [-0.4, -0.2) is 33.4 Å². The first-order valence-electron chi connectivity index (χ1n) is 5.08. The summed E-state index contributed by atoms with van der Waals surface area (Å²) in [6.07, 6.45) is -3.71. The van der Waals surface area contributed by atoms with Crippen LogP contribution in [0, 0.1) is 0 Å². The van der Waals surface area contributed by atoms with Gasteiger partial charge in [0.2, 0.25) is 11.9 Å². The summed E-state index contributed by atoms with van der Waals surface area (Å²) in [4.78, 5) is 3.29. The lowest BCUT2D eigenvalue weighted by atomic mass is 10.2. The van der Waals surface area contributed by atoms with E-state index >= 15 is 0 Å². The standard InChI is InChI=1S/C9H8F3N3O4S/c1-18-8-7(14-20(16,17)15-8)13-6(9(10,11)12)5-3-2-4-19-5/h2-4,6H,1H3,(H,13,14). The third-order valence-electron chi connectivity index (χ3n) is 2.21. The van der Waals surface area contributed by atoms with E-state index in [1.807, 2.05) is 0 Å². The molecule has 0 aromatic carbocycles. The van der Waals surface area contributed by atoms with Crippen molar-refractivity contribution in [1.82, 2.24) is 4.72 Å². The second-order valence-electron chi connectivity index (χ2n) is 3.61. The third-order valence-corrected chi connectivity index (χ3v) is 3.06. The van der Waals surface area contributed by atoms with Crippen LogP contribution in [0.1, 0.15) is 11.8 Å². The van der Waals surface area contributed by atoms with Crippen LogP contribution in [0.3, 0.4) is 0 Å². The van der Waals surface area contributed by atoms with E-state index in [9.17, 15) is 21.6 Å². The molecule has 1 N–H and O–H groups in total. The first-order chi connectivity index (χ1) is 9.23. The Morgan fingerprint density at radius 3 is 2.70 bits per heavy atom. The van der Waals surface area contributed by atoms with Gasteiger partial charge in [-0.05, 0) is 12.1 Å². The fourth-order valence-corrected chi connectivity index (χ4v) is 2.24. The second kappa shape index (κ2) is 4.81. The second-order valence-corrected chi connectivity index (χ2v) is 4.95. The molecule has 2 rings (SSSR count). The van der Waals surface area contributed by atoms with E-state index in [2.05, 4.69) is 18.5 Å². The predicted octanol–water partition coefficient (Wildman–Crippen LogP) is 1.17. The molecule has 0 spiro atoms. The number of ether oxygens (including phenoxy) is 1. The number of hydrogen-bond donors (Lipinski definition) is 1. The third kappa shape index (κ3) is 2.92. The van der Waals surface area contributed by atoms with Crippen LogP contribution >= 0.6 is 0 Å². The van der Waals surface area contributed by atoms with Crippen molar-refractivity contribution in [2.24, 2.45) is 9.39 Å². The van der Waals surface area contributed by atoms with Gasteiger partial charge in [-0.1, -0.05) is 0 Å². The molecule has 1 unspecified atom stereocenters. The van der Waals surface area contributed by atoms with Crippen molar-refractivity contribution in [3.63, 3.8) is 0 Å². The van der Waals surface area contributed by atoms with E-state index in [0.29, 0.717) is 0 Å². The molecule has 20 heavy (non-hydrogen) atoms. The Morgan fingerprint density at radius 2 is 2.20 bits per heavy atom. The SMILES string of the molecule is COC1=NS(=O)(=O)NC1=NC(c1ccco1)C(F)(F)F. The average molecular weight is 311 g/mol. The summed E-state index contributed by atoms with van der Waals surface area (Å²) < 4.78 is 75.2. The molecule has 0 radical (unpaired) electrons. The van der Waals surface area contributed by atoms with E-state index in [0.717, 1.165) is 19.4 Å². The van der Waals surface area contributed by atoms with Gasteiger partial charge >= 0.3 is 16.4 Å². The maximum absolute atomic E-state index is 12.9. The largest absolute Gasteiger partial charge is 0.478 e. The first kappa shape index (κ1) is 14.4. The minimum Gasteiger partial charge on any atom is -0.478 e. The highest BCUT2D eigenvalue weighted by Gasteiger charge is 2.44. The van der Waals surface area contributed by atoms with Crippen LogP contribution in [-0.2, 0) is 14.9 Å². The van der Waals surface area contributed by atoms with Gasteiger partial charge in [0.1, 0.15) is 5.76 Å². The summed E-state index contributed by atoms with van der Waals surface area (Å²) in [5.41, 5.74) is 0. The van der Waals surface area contributed by atoms with Crippen LogP contribution < -0.4 is 4.72 Å². The molecule has 0 saturated heterocycles. The molecule has 2 heterocycles. The van der Waals surface area contributed by atoms with E-state index in [1.54, 1.807) is 4.72 Å². The topological polar surface area (TPSA) is 93.3 Å². The molecule has 0 aliphatic carbocycles. The predicted molar refractivity (Wildman–Crippen MR) is 61.4 cm³/mol. The molecule has 1 aliphatic rings. The highest BCUT2D eigenvalue weighted by molar-refractivity contribution is 7.89. The lowest BCUT2D eigenvalue weighted by Crippen LogP contribution is -2.30. The lowest BCUT2D eigenvalue weighted by molar-refractivity contribution is -0.152. The van der Waals surface area contributed by atoms with Crippen molar-refractivity contribution < 1.29 is 30.7 Å². The normalized spacial score (nSPS) is 21.4. The number of amidine groups is 1. The highest BCUT2D eigenvalue weighted by Crippen LogP contribution is 2.36. The molecule has 1 aliphatic heterocycles. The van der Waals surface area contributed by atoms with E-state index in [1.165, 1.54) is 6.07 Å². The summed E-state index contributed by atoms with van der Waals surface area (Å²) in [5.74, 6) is -1.66. The molecular formula is C9H8F3N3O4S. The molecule has 1 aromatic rings. The molecule has 1 atom stereocenters. The molecule has 110 valence electrons. The summed E-state index contributed by atoms with van der Waals surface area (Å²) in [5, 5.41) is 0. The van der Waals surface area contributed by atoms with Gasteiger partial charge in [-0.2, -0.15) is 21.6 Å². The minimum absolute atomic E-state index is 0.480. The number of rotatable bonds is 2. The van der Waals surface area contributed by atoms with E-state index in [-0.39, 0.29) is 0 Å². The van der Waals surface area contributed by atoms with Gasteiger partial charge in [0.15, 0.2) is 0 Å². The molecule has 11 heteroatoms. The Balaban J connectivity index is 2.43. The maximum Gasteiger partial charge on any atom is 0.418 e. The highest BCUT2D eigenvalue weighted by atomic mass is 32.2. The van der Waals surface area contributed by atoms with Crippen LogP contribution in [0.5, 0.6) is 0 Å². The van der Waals surface area contributed by atoms with Crippen LogP contribution in [0.4, 0.5) is 13.2 Å². The number of nitrogens with zero attached hydrogens (tertiary/aromatic N) is 2. The Bertz CT molecular complexity index is 648. The average Bonchev–Trinajstić information content (AvgIpc) is 2.91. The summed E-state index contributed by atoms with van der Waals surface area (Å²) in [6, 6.07) is -0.0260. The van der Waals surface area contributed by atoms with Gasteiger partial charge in [0.25, 0.3) is 5.90 Å². The Kier molecular flexibility index (Phi) is 3.46. The minimum atomic E-state index is -4.77. The molecule has 7 nitrogen and oxygen atoms in total.